The normalized spacial score (nSPS) is 35.2. The van der Waals surface area contributed by atoms with Crippen LogP contribution in [0.1, 0.15) is 42.9 Å². The molecule has 0 aliphatic heterocycles. The predicted molar refractivity (Wildman–Crippen MR) is 51.9 cm³/mol. The smallest absolute Gasteiger partial charge is 0.229 e. The van der Waals surface area contributed by atoms with Crippen LogP contribution in [0.4, 0.5) is 0 Å². The van der Waals surface area contributed by atoms with E-state index in [-0.39, 0.29) is 6.61 Å². The Labute approximate surface area is 87.7 Å². The van der Waals surface area contributed by atoms with E-state index in [0.29, 0.717) is 17.6 Å². The minimum atomic E-state index is -0.515. The lowest BCUT2D eigenvalue weighted by Gasteiger charge is -2.04. The highest BCUT2D eigenvalue weighted by Crippen LogP contribution is 2.57. The number of rotatable bonds is 3. The van der Waals surface area contributed by atoms with Crippen LogP contribution in [-0.2, 0) is 0 Å². The molecular formula is C10H15N3O2. The van der Waals surface area contributed by atoms with Gasteiger partial charge < -0.3 is 15.4 Å². The summed E-state index contributed by atoms with van der Waals surface area (Å²) in [6.45, 7) is -0.144. The van der Waals surface area contributed by atoms with Crippen LogP contribution < -0.4 is 5.73 Å². The average molecular weight is 209 g/mol. The molecule has 1 aromatic heterocycles. The zero-order chi connectivity index (χ0) is 10.4. The summed E-state index contributed by atoms with van der Waals surface area (Å²) in [4.78, 5) is 4.26. The Morgan fingerprint density at radius 2 is 2.13 bits per heavy atom. The van der Waals surface area contributed by atoms with Gasteiger partial charge in [-0.3, -0.25) is 0 Å². The highest BCUT2D eigenvalue weighted by molar-refractivity contribution is 5.07. The molecule has 1 heterocycles. The summed E-state index contributed by atoms with van der Waals surface area (Å²) in [7, 11) is 0. The molecule has 3 atom stereocenters. The monoisotopic (exact) mass is 209 g/mol. The van der Waals surface area contributed by atoms with Crippen molar-refractivity contribution in [1.29, 1.82) is 0 Å². The van der Waals surface area contributed by atoms with Crippen LogP contribution in [-0.4, -0.2) is 21.9 Å². The molecule has 2 aliphatic carbocycles. The molecule has 5 heteroatoms. The number of fused-ring (bicyclic) bond motifs is 1. The highest BCUT2D eigenvalue weighted by Gasteiger charge is 2.47. The summed E-state index contributed by atoms with van der Waals surface area (Å²) in [5.41, 5.74) is 5.61. The Balaban J connectivity index is 1.73. The van der Waals surface area contributed by atoms with Crippen molar-refractivity contribution in [2.45, 2.75) is 31.2 Å². The fourth-order valence-electron chi connectivity index (χ4n) is 2.56. The van der Waals surface area contributed by atoms with Crippen LogP contribution in [0.5, 0.6) is 0 Å². The van der Waals surface area contributed by atoms with Gasteiger partial charge in [-0.05, 0) is 31.1 Å². The maximum atomic E-state index is 8.87. The van der Waals surface area contributed by atoms with E-state index in [4.69, 9.17) is 15.4 Å². The number of hydrogen-bond acceptors (Lipinski definition) is 5. The minimum absolute atomic E-state index is 0.144. The molecule has 0 saturated heterocycles. The van der Waals surface area contributed by atoms with E-state index in [1.54, 1.807) is 0 Å². The van der Waals surface area contributed by atoms with Gasteiger partial charge in [-0.15, -0.1) is 0 Å². The molecule has 2 saturated carbocycles. The molecule has 15 heavy (non-hydrogen) atoms. The summed E-state index contributed by atoms with van der Waals surface area (Å²) in [6.07, 6.45) is 3.75. The quantitative estimate of drug-likeness (QED) is 0.760. The van der Waals surface area contributed by atoms with Crippen LogP contribution in [0, 0.1) is 11.8 Å². The summed E-state index contributed by atoms with van der Waals surface area (Å²) in [5, 5.41) is 12.7. The van der Waals surface area contributed by atoms with E-state index in [1.165, 1.54) is 19.3 Å². The molecule has 0 spiro atoms. The summed E-state index contributed by atoms with van der Waals surface area (Å²) >= 11 is 0. The Hall–Kier alpha value is -0.940. The van der Waals surface area contributed by atoms with E-state index in [0.717, 1.165) is 11.8 Å². The van der Waals surface area contributed by atoms with Gasteiger partial charge in [0.15, 0.2) is 5.82 Å². The molecule has 5 nitrogen and oxygen atoms in total. The fraction of sp³-hybridized carbons (Fsp3) is 0.800. The van der Waals surface area contributed by atoms with Gasteiger partial charge in [0.1, 0.15) is 0 Å². The SMILES string of the molecule is NC(CO)c1noc(C2CC3CC3C2)n1. The third-order valence-electron chi connectivity index (χ3n) is 3.58. The number of aromatic nitrogens is 2. The molecule has 2 fully saturated rings. The van der Waals surface area contributed by atoms with Crippen molar-refractivity contribution in [2.24, 2.45) is 17.6 Å². The van der Waals surface area contributed by atoms with Gasteiger partial charge in [-0.1, -0.05) is 5.16 Å². The lowest BCUT2D eigenvalue weighted by atomic mass is 10.0. The summed E-state index contributed by atoms with van der Waals surface area (Å²) in [6, 6.07) is -0.515. The van der Waals surface area contributed by atoms with Crippen LogP contribution in [0.25, 0.3) is 0 Å². The minimum Gasteiger partial charge on any atom is -0.394 e. The number of nitrogens with zero attached hydrogens (tertiary/aromatic N) is 2. The lowest BCUT2D eigenvalue weighted by Crippen LogP contribution is -2.16. The molecule has 0 aromatic carbocycles. The number of nitrogens with two attached hydrogens (primary N) is 1. The molecule has 0 amide bonds. The van der Waals surface area contributed by atoms with Crippen molar-refractivity contribution in [1.82, 2.24) is 10.1 Å². The second-order valence-corrected chi connectivity index (χ2v) is 4.70. The van der Waals surface area contributed by atoms with Gasteiger partial charge in [-0.25, -0.2) is 0 Å². The predicted octanol–water partition coefficient (Wildman–Crippen LogP) is 0.575. The largest absolute Gasteiger partial charge is 0.394 e. The Bertz CT molecular complexity index is 355. The number of aliphatic hydroxyl groups is 1. The first kappa shape index (κ1) is 9.30. The fourth-order valence-corrected chi connectivity index (χ4v) is 2.56. The first-order chi connectivity index (χ1) is 7.28. The second-order valence-electron chi connectivity index (χ2n) is 4.70. The molecule has 0 bridgehead atoms. The lowest BCUT2D eigenvalue weighted by molar-refractivity contribution is 0.259. The molecule has 82 valence electrons. The van der Waals surface area contributed by atoms with Gasteiger partial charge in [0, 0.05) is 5.92 Å². The highest BCUT2D eigenvalue weighted by atomic mass is 16.5. The maximum absolute atomic E-state index is 8.87. The molecule has 2 aliphatic rings. The molecule has 3 N–H and O–H groups in total. The molecule has 3 rings (SSSR count). The van der Waals surface area contributed by atoms with Crippen molar-refractivity contribution < 1.29 is 9.63 Å². The Morgan fingerprint density at radius 1 is 1.40 bits per heavy atom. The van der Waals surface area contributed by atoms with E-state index >= 15 is 0 Å². The Morgan fingerprint density at radius 3 is 2.80 bits per heavy atom. The van der Waals surface area contributed by atoms with Crippen LogP contribution in [0.2, 0.25) is 0 Å². The summed E-state index contributed by atoms with van der Waals surface area (Å²) in [5.74, 6) is 3.36. The average Bonchev–Trinajstić information content (AvgIpc) is 2.75. The van der Waals surface area contributed by atoms with E-state index < -0.39 is 6.04 Å². The second kappa shape index (κ2) is 3.28. The Kier molecular flexibility index (Phi) is 2.03. The standard InChI is InChI=1S/C10H15N3O2/c11-8(4-14)9-12-10(15-13-9)7-2-5-1-6(5)3-7/h5-8,14H,1-4,11H2. The van der Waals surface area contributed by atoms with Crippen LogP contribution in [0.3, 0.4) is 0 Å². The maximum Gasteiger partial charge on any atom is 0.229 e. The third-order valence-corrected chi connectivity index (χ3v) is 3.58. The number of hydrogen-bond donors (Lipinski definition) is 2. The molecule has 3 unspecified atom stereocenters. The van der Waals surface area contributed by atoms with Gasteiger partial charge in [0.05, 0.1) is 12.6 Å². The van der Waals surface area contributed by atoms with Gasteiger partial charge in [-0.2, -0.15) is 4.98 Å². The van der Waals surface area contributed by atoms with E-state index in [9.17, 15) is 0 Å². The van der Waals surface area contributed by atoms with Crippen molar-refractivity contribution in [3.8, 4) is 0 Å². The van der Waals surface area contributed by atoms with Crippen molar-refractivity contribution in [2.75, 3.05) is 6.61 Å². The van der Waals surface area contributed by atoms with Gasteiger partial charge in [0.25, 0.3) is 0 Å². The van der Waals surface area contributed by atoms with Crippen molar-refractivity contribution >= 4 is 0 Å². The van der Waals surface area contributed by atoms with E-state index in [2.05, 4.69) is 10.1 Å². The first-order valence-electron chi connectivity index (χ1n) is 5.48. The van der Waals surface area contributed by atoms with Crippen molar-refractivity contribution in [3.05, 3.63) is 11.7 Å². The van der Waals surface area contributed by atoms with Crippen molar-refractivity contribution in [3.63, 3.8) is 0 Å². The first-order valence-corrected chi connectivity index (χ1v) is 5.48. The van der Waals surface area contributed by atoms with Gasteiger partial charge >= 0.3 is 0 Å². The molecule has 0 radical (unpaired) electrons. The van der Waals surface area contributed by atoms with Crippen LogP contribution in [0.15, 0.2) is 4.52 Å². The van der Waals surface area contributed by atoms with Crippen LogP contribution >= 0.6 is 0 Å². The van der Waals surface area contributed by atoms with E-state index in [1.807, 2.05) is 0 Å². The topological polar surface area (TPSA) is 85.2 Å². The van der Waals surface area contributed by atoms with Gasteiger partial charge in [0.2, 0.25) is 5.89 Å². The summed E-state index contributed by atoms with van der Waals surface area (Å²) < 4.78 is 5.19. The number of aliphatic hydroxyl groups excluding tert-OH is 1. The molecule has 1 aromatic rings. The zero-order valence-electron chi connectivity index (χ0n) is 8.47. The molecular weight excluding hydrogens is 194 g/mol. The third kappa shape index (κ3) is 1.55. The zero-order valence-corrected chi connectivity index (χ0v) is 8.47.